The summed E-state index contributed by atoms with van der Waals surface area (Å²) in [7, 11) is -3.52. The Morgan fingerprint density at radius 1 is 1.10 bits per heavy atom. The molecule has 2 aromatic carbocycles. The molecular weight excluding hydrogens is 421 g/mol. The molecule has 0 bridgehead atoms. The van der Waals surface area contributed by atoms with Crippen LogP contribution in [0.15, 0.2) is 47.4 Å². The minimum absolute atomic E-state index is 0.0439. The number of benzene rings is 2. The van der Waals surface area contributed by atoms with E-state index in [0.717, 1.165) is 18.5 Å². The van der Waals surface area contributed by atoms with Gasteiger partial charge in [0, 0.05) is 37.9 Å². The monoisotopic (exact) mass is 447 g/mol. The highest BCUT2D eigenvalue weighted by atomic mass is 32.2. The number of ether oxygens (including phenoxy) is 1. The van der Waals surface area contributed by atoms with Crippen molar-refractivity contribution in [2.45, 2.75) is 30.7 Å². The van der Waals surface area contributed by atoms with Gasteiger partial charge < -0.3 is 14.5 Å². The summed E-state index contributed by atoms with van der Waals surface area (Å²) < 4.78 is 46.1. The predicted molar refractivity (Wildman–Crippen MR) is 115 cm³/mol. The average Bonchev–Trinajstić information content (AvgIpc) is 3.56. The molecular formula is C22H26FN3O4S. The quantitative estimate of drug-likeness (QED) is 0.705. The van der Waals surface area contributed by atoms with Crippen LogP contribution in [0.1, 0.15) is 18.4 Å². The Morgan fingerprint density at radius 2 is 1.77 bits per heavy atom. The summed E-state index contributed by atoms with van der Waals surface area (Å²) in [5, 5.41) is 0. The topological polar surface area (TPSA) is 78.9 Å². The summed E-state index contributed by atoms with van der Waals surface area (Å²) in [4.78, 5) is 16.6. The second-order valence-electron chi connectivity index (χ2n) is 7.96. The van der Waals surface area contributed by atoms with Gasteiger partial charge in [0.05, 0.1) is 4.90 Å². The van der Waals surface area contributed by atoms with E-state index in [2.05, 4.69) is 9.62 Å². The smallest absolute Gasteiger partial charge is 0.260 e. The fourth-order valence-electron chi connectivity index (χ4n) is 3.54. The summed E-state index contributed by atoms with van der Waals surface area (Å²) in [5.74, 6) is 0.101. The van der Waals surface area contributed by atoms with Crippen LogP contribution in [-0.4, -0.2) is 58.1 Å². The van der Waals surface area contributed by atoms with Crippen LogP contribution in [0.4, 0.5) is 10.1 Å². The van der Waals surface area contributed by atoms with Gasteiger partial charge in [-0.3, -0.25) is 4.79 Å². The number of nitrogens with one attached hydrogen (secondary N) is 1. The molecule has 0 radical (unpaired) electrons. The Hall–Kier alpha value is -2.65. The van der Waals surface area contributed by atoms with Gasteiger partial charge in [0.15, 0.2) is 6.61 Å². The standard InChI is InChI=1S/C22H26FN3O4S/c1-16-14-20(31(28,29)24-18-4-5-18)8-9-21(16)30-15-22(27)26-12-10-25(11-13-26)19-6-2-17(23)3-7-19/h2-3,6-9,14,18,24H,4-5,10-13,15H2,1H3. The van der Waals surface area contributed by atoms with E-state index in [1.807, 2.05) is 0 Å². The number of rotatable bonds is 7. The molecule has 1 saturated heterocycles. The van der Waals surface area contributed by atoms with Crippen LogP contribution in [0, 0.1) is 12.7 Å². The molecule has 2 aliphatic rings. The molecule has 1 aliphatic carbocycles. The van der Waals surface area contributed by atoms with Gasteiger partial charge in [-0.1, -0.05) is 0 Å². The molecule has 0 spiro atoms. The highest BCUT2D eigenvalue weighted by Gasteiger charge is 2.28. The van der Waals surface area contributed by atoms with Crippen LogP contribution in [0.2, 0.25) is 0 Å². The summed E-state index contributed by atoms with van der Waals surface area (Å²) in [6.07, 6.45) is 1.75. The number of carbonyl (C=O) groups is 1. The van der Waals surface area contributed by atoms with E-state index in [-0.39, 0.29) is 29.3 Å². The molecule has 1 amide bonds. The largest absolute Gasteiger partial charge is 0.483 e. The molecule has 31 heavy (non-hydrogen) atoms. The maximum absolute atomic E-state index is 13.1. The lowest BCUT2D eigenvalue weighted by Gasteiger charge is -2.36. The first kappa shape index (κ1) is 21.6. The zero-order valence-corrected chi connectivity index (χ0v) is 18.2. The highest BCUT2D eigenvalue weighted by molar-refractivity contribution is 7.89. The molecule has 4 rings (SSSR count). The minimum Gasteiger partial charge on any atom is -0.483 e. The third kappa shape index (κ3) is 5.34. The minimum atomic E-state index is -3.52. The van der Waals surface area contributed by atoms with E-state index in [1.165, 1.54) is 18.2 Å². The molecule has 9 heteroatoms. The van der Waals surface area contributed by atoms with Crippen molar-refractivity contribution in [2.75, 3.05) is 37.7 Å². The number of hydrogen-bond acceptors (Lipinski definition) is 5. The van der Waals surface area contributed by atoms with Crippen molar-refractivity contribution in [1.82, 2.24) is 9.62 Å². The van der Waals surface area contributed by atoms with Crippen molar-refractivity contribution >= 4 is 21.6 Å². The van der Waals surface area contributed by atoms with Gasteiger partial charge in [0.25, 0.3) is 5.91 Å². The van der Waals surface area contributed by atoms with E-state index in [0.29, 0.717) is 37.5 Å². The Labute approximate surface area is 181 Å². The number of piperazine rings is 1. The van der Waals surface area contributed by atoms with E-state index < -0.39 is 10.0 Å². The van der Waals surface area contributed by atoms with Crippen LogP contribution < -0.4 is 14.4 Å². The second kappa shape index (κ2) is 8.84. The maximum Gasteiger partial charge on any atom is 0.260 e. The Balaban J connectivity index is 1.29. The molecule has 0 atom stereocenters. The predicted octanol–water partition coefficient (Wildman–Crippen LogP) is 2.30. The van der Waals surface area contributed by atoms with Crippen molar-refractivity contribution in [3.8, 4) is 5.75 Å². The maximum atomic E-state index is 13.1. The average molecular weight is 448 g/mol. The van der Waals surface area contributed by atoms with Crippen LogP contribution in [-0.2, 0) is 14.8 Å². The second-order valence-corrected chi connectivity index (χ2v) is 9.67. The van der Waals surface area contributed by atoms with Crippen LogP contribution in [0.25, 0.3) is 0 Å². The first-order valence-corrected chi connectivity index (χ1v) is 11.8. The van der Waals surface area contributed by atoms with Gasteiger partial charge in [-0.05, 0) is 67.8 Å². The molecule has 2 aromatic rings. The number of nitrogens with zero attached hydrogens (tertiary/aromatic N) is 2. The Morgan fingerprint density at radius 3 is 2.39 bits per heavy atom. The lowest BCUT2D eigenvalue weighted by atomic mass is 10.2. The summed E-state index contributed by atoms with van der Waals surface area (Å²) >= 11 is 0. The van der Waals surface area contributed by atoms with E-state index in [1.54, 1.807) is 36.1 Å². The van der Waals surface area contributed by atoms with E-state index in [4.69, 9.17) is 4.74 Å². The van der Waals surface area contributed by atoms with E-state index in [9.17, 15) is 17.6 Å². The molecule has 1 aliphatic heterocycles. The molecule has 2 fully saturated rings. The van der Waals surface area contributed by atoms with E-state index >= 15 is 0 Å². The van der Waals surface area contributed by atoms with Gasteiger partial charge in [-0.15, -0.1) is 0 Å². The first-order valence-electron chi connectivity index (χ1n) is 10.4. The van der Waals surface area contributed by atoms with Crippen LogP contribution >= 0.6 is 0 Å². The van der Waals surface area contributed by atoms with Crippen molar-refractivity contribution in [3.63, 3.8) is 0 Å². The van der Waals surface area contributed by atoms with Crippen molar-refractivity contribution in [3.05, 3.63) is 53.8 Å². The third-order valence-electron chi connectivity index (χ3n) is 5.53. The zero-order chi connectivity index (χ0) is 22.0. The summed E-state index contributed by atoms with van der Waals surface area (Å²) in [5.41, 5.74) is 1.60. The highest BCUT2D eigenvalue weighted by Crippen LogP contribution is 2.25. The number of amides is 1. The summed E-state index contributed by atoms with van der Waals surface area (Å²) in [6.45, 7) is 4.10. The molecule has 0 aromatic heterocycles. The number of anilines is 1. The SMILES string of the molecule is Cc1cc(S(=O)(=O)NC2CC2)ccc1OCC(=O)N1CCN(c2ccc(F)cc2)CC1. The number of carbonyl (C=O) groups excluding carboxylic acids is 1. The Kier molecular flexibility index (Phi) is 6.15. The lowest BCUT2D eigenvalue weighted by molar-refractivity contribution is -0.133. The number of halogens is 1. The van der Waals surface area contributed by atoms with Gasteiger partial charge in [-0.2, -0.15) is 0 Å². The molecule has 0 unspecified atom stereocenters. The zero-order valence-electron chi connectivity index (χ0n) is 17.4. The number of hydrogen-bond donors (Lipinski definition) is 1. The fraction of sp³-hybridized carbons (Fsp3) is 0.409. The molecule has 1 N–H and O–H groups in total. The van der Waals surface area contributed by atoms with Crippen molar-refractivity contribution < 1.29 is 22.3 Å². The van der Waals surface area contributed by atoms with Crippen LogP contribution in [0.3, 0.4) is 0 Å². The molecule has 7 nitrogen and oxygen atoms in total. The van der Waals surface area contributed by atoms with Crippen LogP contribution in [0.5, 0.6) is 5.75 Å². The fourth-order valence-corrected chi connectivity index (χ4v) is 4.93. The van der Waals surface area contributed by atoms with Crippen molar-refractivity contribution in [1.29, 1.82) is 0 Å². The summed E-state index contributed by atoms with van der Waals surface area (Å²) in [6, 6.07) is 11.0. The third-order valence-corrected chi connectivity index (χ3v) is 7.05. The molecule has 1 saturated carbocycles. The number of aryl methyl sites for hydroxylation is 1. The molecule has 166 valence electrons. The van der Waals surface area contributed by atoms with Gasteiger partial charge in [-0.25, -0.2) is 17.5 Å². The van der Waals surface area contributed by atoms with Gasteiger partial charge in [0.2, 0.25) is 10.0 Å². The van der Waals surface area contributed by atoms with Crippen molar-refractivity contribution in [2.24, 2.45) is 0 Å². The normalized spacial score (nSPS) is 17.0. The lowest BCUT2D eigenvalue weighted by Crippen LogP contribution is -2.50. The molecule has 1 heterocycles. The van der Waals surface area contributed by atoms with Gasteiger partial charge >= 0.3 is 0 Å². The Bertz CT molecular complexity index is 1050. The first-order chi connectivity index (χ1) is 14.8. The van der Waals surface area contributed by atoms with Gasteiger partial charge in [0.1, 0.15) is 11.6 Å². The number of sulfonamides is 1.